The number of para-hydroxylation sites is 1. The minimum absolute atomic E-state index is 0.219. The molecule has 8 heteroatoms. The van der Waals surface area contributed by atoms with Crippen LogP contribution in [-0.4, -0.2) is 24.4 Å². The smallest absolute Gasteiger partial charge is 0.256 e. The second-order valence-corrected chi connectivity index (χ2v) is 17.8. The number of carbonyl (C=O) groups excluding carboxylic acids is 4. The highest BCUT2D eigenvalue weighted by Gasteiger charge is 2.30. The van der Waals surface area contributed by atoms with E-state index in [4.69, 9.17) is 9.47 Å². The van der Waals surface area contributed by atoms with Crippen LogP contribution in [0.1, 0.15) is 120 Å². The highest BCUT2D eigenvalue weighted by molar-refractivity contribution is 6.09. The SMILES string of the molecule is CCC(C)(NC(=O)c1ccc(Oc2ccc(C(C)(C)c3ccc(Oc4ccc(C=O)c(C(=O)Nc5c(C)cccc5C)c4)cc3)cc2)cc1C=O)c1ccc(-c2ccc(C)c(C)c2)cc1C. The molecular formula is C58H56N2O6. The molecule has 0 heterocycles. The topological polar surface area (TPSA) is 111 Å². The molecule has 0 aliphatic carbocycles. The van der Waals surface area contributed by atoms with Gasteiger partial charge in [-0.25, -0.2) is 0 Å². The molecule has 0 radical (unpaired) electrons. The van der Waals surface area contributed by atoms with Crippen LogP contribution in [0.4, 0.5) is 5.69 Å². The lowest BCUT2D eigenvalue weighted by molar-refractivity contribution is 0.0896. The summed E-state index contributed by atoms with van der Waals surface area (Å²) in [4.78, 5) is 51.4. The van der Waals surface area contributed by atoms with E-state index in [0.29, 0.717) is 47.7 Å². The van der Waals surface area contributed by atoms with E-state index in [1.165, 1.54) is 11.1 Å². The summed E-state index contributed by atoms with van der Waals surface area (Å²) in [7, 11) is 0. The zero-order chi connectivity index (χ0) is 47.3. The molecule has 2 amide bonds. The third-order valence-electron chi connectivity index (χ3n) is 12.9. The molecule has 7 aromatic rings. The Labute approximate surface area is 388 Å². The van der Waals surface area contributed by atoms with Gasteiger partial charge in [0.15, 0.2) is 12.6 Å². The molecule has 0 aliphatic heterocycles. The lowest BCUT2D eigenvalue weighted by atomic mass is 9.78. The van der Waals surface area contributed by atoms with Crippen molar-refractivity contribution in [1.29, 1.82) is 0 Å². The number of hydrogen-bond donors (Lipinski definition) is 2. The number of ether oxygens (including phenoxy) is 2. The molecule has 8 nitrogen and oxygen atoms in total. The molecular weight excluding hydrogens is 821 g/mol. The first-order valence-electron chi connectivity index (χ1n) is 22.2. The Kier molecular flexibility index (Phi) is 13.5. The van der Waals surface area contributed by atoms with Crippen molar-refractivity contribution in [2.75, 3.05) is 5.32 Å². The monoisotopic (exact) mass is 876 g/mol. The van der Waals surface area contributed by atoms with Crippen molar-refractivity contribution < 1.29 is 28.7 Å². The largest absolute Gasteiger partial charge is 0.457 e. The summed E-state index contributed by atoms with van der Waals surface area (Å²) in [5.74, 6) is 1.27. The van der Waals surface area contributed by atoms with Crippen molar-refractivity contribution >= 4 is 30.1 Å². The van der Waals surface area contributed by atoms with Gasteiger partial charge in [0.2, 0.25) is 0 Å². The summed E-state index contributed by atoms with van der Waals surface area (Å²) < 4.78 is 12.4. The third kappa shape index (κ3) is 9.88. The van der Waals surface area contributed by atoms with E-state index in [0.717, 1.165) is 44.5 Å². The number of aldehydes is 2. The summed E-state index contributed by atoms with van der Waals surface area (Å²) in [5.41, 5.74) is 11.4. The molecule has 0 spiro atoms. The van der Waals surface area contributed by atoms with E-state index in [-0.39, 0.29) is 28.2 Å². The average Bonchev–Trinajstić information content (AvgIpc) is 3.31. The predicted molar refractivity (Wildman–Crippen MR) is 264 cm³/mol. The first-order chi connectivity index (χ1) is 31.5. The molecule has 0 saturated heterocycles. The van der Waals surface area contributed by atoms with Crippen LogP contribution in [0, 0.1) is 34.6 Å². The van der Waals surface area contributed by atoms with E-state index >= 15 is 0 Å². The van der Waals surface area contributed by atoms with E-state index in [2.05, 4.69) is 81.7 Å². The number of nitrogens with one attached hydrogen (secondary N) is 2. The van der Waals surface area contributed by atoms with Gasteiger partial charge in [0, 0.05) is 22.2 Å². The molecule has 1 atom stereocenters. The fraction of sp³-hybridized carbons (Fsp3) is 0.207. The molecule has 0 bridgehead atoms. The Bertz CT molecular complexity index is 2950. The normalized spacial score (nSPS) is 12.1. The van der Waals surface area contributed by atoms with E-state index in [9.17, 15) is 19.2 Å². The number of amides is 2. The second kappa shape index (κ2) is 19.3. The van der Waals surface area contributed by atoms with Crippen LogP contribution < -0.4 is 20.1 Å². The van der Waals surface area contributed by atoms with E-state index in [1.807, 2.05) is 94.4 Å². The number of aryl methyl sites for hydroxylation is 5. The second-order valence-electron chi connectivity index (χ2n) is 17.8. The van der Waals surface area contributed by atoms with Crippen LogP contribution in [0.5, 0.6) is 23.0 Å². The fourth-order valence-corrected chi connectivity index (χ4v) is 8.36. The van der Waals surface area contributed by atoms with Gasteiger partial charge in [0.25, 0.3) is 11.8 Å². The van der Waals surface area contributed by atoms with Gasteiger partial charge in [-0.2, -0.15) is 0 Å². The van der Waals surface area contributed by atoms with Crippen molar-refractivity contribution in [3.8, 4) is 34.1 Å². The molecule has 0 aliphatic rings. The predicted octanol–water partition coefficient (Wildman–Crippen LogP) is 13.7. The molecule has 1 unspecified atom stereocenters. The van der Waals surface area contributed by atoms with Gasteiger partial charge < -0.3 is 20.1 Å². The summed E-state index contributed by atoms with van der Waals surface area (Å²) in [6.45, 7) is 18.5. The molecule has 66 heavy (non-hydrogen) atoms. The van der Waals surface area contributed by atoms with Crippen LogP contribution in [0.25, 0.3) is 11.1 Å². The number of carbonyl (C=O) groups is 4. The van der Waals surface area contributed by atoms with Crippen LogP contribution in [0.3, 0.4) is 0 Å². The molecule has 7 rings (SSSR count). The van der Waals surface area contributed by atoms with E-state index in [1.54, 1.807) is 36.4 Å². The van der Waals surface area contributed by atoms with Crippen LogP contribution in [0.15, 0.2) is 140 Å². The van der Waals surface area contributed by atoms with Gasteiger partial charge >= 0.3 is 0 Å². The van der Waals surface area contributed by atoms with Gasteiger partial charge in [-0.05, 0) is 164 Å². The summed E-state index contributed by atoms with van der Waals surface area (Å²) in [6, 6.07) is 43.9. The van der Waals surface area contributed by atoms with Gasteiger partial charge in [0.1, 0.15) is 23.0 Å². The van der Waals surface area contributed by atoms with Gasteiger partial charge in [-0.3, -0.25) is 19.2 Å². The maximum absolute atomic E-state index is 13.8. The molecule has 334 valence electrons. The molecule has 0 aromatic heterocycles. The highest BCUT2D eigenvalue weighted by Crippen LogP contribution is 2.36. The van der Waals surface area contributed by atoms with Crippen LogP contribution in [-0.2, 0) is 11.0 Å². The van der Waals surface area contributed by atoms with Gasteiger partial charge in [0.05, 0.1) is 16.7 Å². The fourth-order valence-electron chi connectivity index (χ4n) is 8.36. The minimum Gasteiger partial charge on any atom is -0.457 e. The van der Waals surface area contributed by atoms with Gasteiger partial charge in [-0.15, -0.1) is 0 Å². The Morgan fingerprint density at radius 3 is 1.59 bits per heavy atom. The standard InChI is InChI=1S/C58H56N2O6/c1-10-58(9,53-29-17-42(31-40(53)6)41-15-14-36(2)39(5)30-41)60-56(64)51-28-27-49(32-44(51)35-62)65-47-23-18-45(19-24-47)57(7,8)46-20-25-48(26-21-46)66-50-22-16-43(34-61)52(33-50)55(63)59-54-37(3)12-11-13-38(54)4/h11-35H,10H2,1-9H3,(H,59,63)(H,60,64). The lowest BCUT2D eigenvalue weighted by Gasteiger charge is -2.32. The first kappa shape index (κ1) is 46.4. The Morgan fingerprint density at radius 2 is 1.05 bits per heavy atom. The number of rotatable bonds is 15. The third-order valence-corrected chi connectivity index (χ3v) is 12.9. The van der Waals surface area contributed by atoms with Crippen molar-refractivity contribution in [2.24, 2.45) is 0 Å². The summed E-state index contributed by atoms with van der Waals surface area (Å²) in [5, 5.41) is 6.19. The number of hydrogen-bond acceptors (Lipinski definition) is 6. The zero-order valence-electron chi connectivity index (χ0n) is 39.1. The maximum Gasteiger partial charge on any atom is 0.256 e. The number of benzene rings is 7. The quantitative estimate of drug-likeness (QED) is 0.0993. The molecule has 2 N–H and O–H groups in total. The molecule has 0 fully saturated rings. The maximum atomic E-state index is 13.8. The molecule has 0 saturated carbocycles. The Hall–Kier alpha value is -7.58. The van der Waals surface area contributed by atoms with Crippen LogP contribution >= 0.6 is 0 Å². The molecule has 7 aromatic carbocycles. The minimum atomic E-state index is -0.679. The highest BCUT2D eigenvalue weighted by atomic mass is 16.5. The summed E-state index contributed by atoms with van der Waals surface area (Å²) >= 11 is 0. The Morgan fingerprint density at radius 1 is 0.515 bits per heavy atom. The van der Waals surface area contributed by atoms with Crippen LogP contribution in [0.2, 0.25) is 0 Å². The van der Waals surface area contributed by atoms with E-state index < -0.39 is 16.9 Å². The van der Waals surface area contributed by atoms with Gasteiger partial charge in [-0.1, -0.05) is 99.6 Å². The summed E-state index contributed by atoms with van der Waals surface area (Å²) in [6.07, 6.45) is 1.99. The van der Waals surface area contributed by atoms with Crippen molar-refractivity contribution in [3.63, 3.8) is 0 Å². The lowest BCUT2D eigenvalue weighted by Crippen LogP contribution is -2.43. The zero-order valence-corrected chi connectivity index (χ0v) is 39.1. The average molecular weight is 877 g/mol. The Balaban J connectivity index is 1.00. The number of anilines is 1. The van der Waals surface area contributed by atoms with Crippen molar-refractivity contribution in [1.82, 2.24) is 5.32 Å². The van der Waals surface area contributed by atoms with Crippen molar-refractivity contribution in [3.05, 3.63) is 206 Å². The van der Waals surface area contributed by atoms with Crippen molar-refractivity contribution in [2.45, 2.75) is 79.7 Å². The first-order valence-corrected chi connectivity index (χ1v) is 22.2.